The summed E-state index contributed by atoms with van der Waals surface area (Å²) in [6.45, 7) is 0.388. The summed E-state index contributed by atoms with van der Waals surface area (Å²) in [4.78, 5) is 11.2. The van der Waals surface area contributed by atoms with Gasteiger partial charge in [0.2, 0.25) is 0 Å². The zero-order chi connectivity index (χ0) is 12.1. The summed E-state index contributed by atoms with van der Waals surface area (Å²) in [5.41, 5.74) is 0.728. The van der Waals surface area contributed by atoms with Crippen molar-refractivity contribution >= 4 is 5.97 Å². The summed E-state index contributed by atoms with van der Waals surface area (Å²) < 4.78 is 5.14. The second-order valence-corrected chi connectivity index (χ2v) is 3.64. The Morgan fingerprint density at radius 1 is 1.24 bits per heavy atom. The van der Waals surface area contributed by atoms with Gasteiger partial charge in [0.1, 0.15) is 11.8 Å². The molecule has 2 rings (SSSR count). The highest BCUT2D eigenvalue weighted by Crippen LogP contribution is 2.13. The minimum absolute atomic E-state index is 0.388. The van der Waals surface area contributed by atoms with Gasteiger partial charge in [-0.05, 0) is 17.7 Å². The molecule has 1 heterocycles. The van der Waals surface area contributed by atoms with Crippen LogP contribution in [0.15, 0.2) is 53.1 Å². The van der Waals surface area contributed by atoms with Crippen LogP contribution in [0.2, 0.25) is 0 Å². The van der Waals surface area contributed by atoms with Crippen LogP contribution >= 0.6 is 0 Å². The van der Waals surface area contributed by atoms with Crippen LogP contribution in [-0.4, -0.2) is 11.1 Å². The van der Waals surface area contributed by atoms with E-state index in [1.54, 1.807) is 30.5 Å². The fraction of sp³-hybridized carbons (Fsp3) is 0.154. The topological polar surface area (TPSA) is 62.5 Å². The minimum atomic E-state index is -0.900. The van der Waals surface area contributed by atoms with Gasteiger partial charge in [-0.1, -0.05) is 30.3 Å². The summed E-state index contributed by atoms with van der Waals surface area (Å²) in [6.07, 6.45) is 1.56. The minimum Gasteiger partial charge on any atom is -0.480 e. The molecule has 0 amide bonds. The quantitative estimate of drug-likeness (QED) is 0.828. The maximum Gasteiger partial charge on any atom is 0.325 e. The zero-order valence-corrected chi connectivity index (χ0v) is 9.17. The fourth-order valence-electron chi connectivity index (χ4n) is 1.61. The first-order chi connectivity index (χ1) is 8.27. The zero-order valence-electron chi connectivity index (χ0n) is 9.17. The van der Waals surface area contributed by atoms with E-state index in [9.17, 15) is 4.79 Å². The van der Waals surface area contributed by atoms with Gasteiger partial charge >= 0.3 is 5.97 Å². The first kappa shape index (κ1) is 11.4. The van der Waals surface area contributed by atoms with Crippen molar-refractivity contribution in [3.63, 3.8) is 0 Å². The van der Waals surface area contributed by atoms with Crippen molar-refractivity contribution < 1.29 is 14.3 Å². The van der Waals surface area contributed by atoms with E-state index in [0.717, 1.165) is 5.56 Å². The molecule has 0 fully saturated rings. The first-order valence-corrected chi connectivity index (χ1v) is 5.31. The molecule has 0 bridgehead atoms. The Kier molecular flexibility index (Phi) is 3.57. The number of aliphatic carboxylic acids is 1. The van der Waals surface area contributed by atoms with E-state index >= 15 is 0 Å². The molecule has 2 aromatic rings. The number of hydrogen-bond acceptors (Lipinski definition) is 3. The van der Waals surface area contributed by atoms with Gasteiger partial charge in [-0.2, -0.15) is 0 Å². The number of rotatable bonds is 5. The fourth-order valence-corrected chi connectivity index (χ4v) is 1.61. The third kappa shape index (κ3) is 2.95. The number of carbonyl (C=O) groups is 1. The molecule has 4 nitrogen and oxygen atoms in total. The average molecular weight is 231 g/mol. The lowest BCUT2D eigenvalue weighted by atomic mass is 10.1. The van der Waals surface area contributed by atoms with E-state index in [4.69, 9.17) is 9.52 Å². The van der Waals surface area contributed by atoms with Gasteiger partial charge in [-0.15, -0.1) is 0 Å². The summed E-state index contributed by atoms with van der Waals surface area (Å²) in [5.74, 6) is -0.185. The summed E-state index contributed by atoms with van der Waals surface area (Å²) in [6, 6.07) is 11.9. The van der Waals surface area contributed by atoms with E-state index in [2.05, 4.69) is 5.32 Å². The normalized spacial score (nSPS) is 12.2. The highest BCUT2D eigenvalue weighted by Gasteiger charge is 2.18. The van der Waals surface area contributed by atoms with Crippen LogP contribution in [0.5, 0.6) is 0 Å². The van der Waals surface area contributed by atoms with E-state index in [1.807, 2.05) is 18.2 Å². The van der Waals surface area contributed by atoms with Crippen LogP contribution in [0.25, 0.3) is 0 Å². The third-order valence-corrected chi connectivity index (χ3v) is 2.44. The van der Waals surface area contributed by atoms with Gasteiger partial charge < -0.3 is 9.52 Å². The molecule has 0 spiro atoms. The summed E-state index contributed by atoms with van der Waals surface area (Å²) in [7, 11) is 0. The Morgan fingerprint density at radius 2 is 2.00 bits per heavy atom. The molecule has 0 aliphatic carbocycles. The lowest BCUT2D eigenvalue weighted by Gasteiger charge is -2.13. The number of hydrogen-bond donors (Lipinski definition) is 2. The molecule has 0 radical (unpaired) electrons. The molecule has 0 aliphatic heterocycles. The maximum atomic E-state index is 11.2. The smallest absolute Gasteiger partial charge is 0.325 e. The van der Waals surface area contributed by atoms with Crippen LogP contribution in [-0.2, 0) is 11.3 Å². The molecular formula is C13H13NO3. The molecule has 0 saturated carbocycles. The van der Waals surface area contributed by atoms with Crippen molar-refractivity contribution in [1.82, 2.24) is 5.32 Å². The van der Waals surface area contributed by atoms with Gasteiger partial charge in [0.05, 0.1) is 12.8 Å². The molecular weight excluding hydrogens is 218 g/mol. The highest BCUT2D eigenvalue weighted by molar-refractivity contribution is 5.75. The molecule has 1 aromatic carbocycles. The van der Waals surface area contributed by atoms with Crippen molar-refractivity contribution in [2.75, 3.05) is 0 Å². The molecule has 1 aromatic heterocycles. The number of carboxylic acid groups (broad SMARTS) is 1. The van der Waals surface area contributed by atoms with Gasteiger partial charge in [0.15, 0.2) is 0 Å². The van der Waals surface area contributed by atoms with Crippen LogP contribution in [0, 0.1) is 0 Å². The molecule has 0 saturated heterocycles. The molecule has 0 aliphatic rings. The summed E-state index contributed by atoms with van der Waals surface area (Å²) in [5, 5.41) is 12.1. The monoisotopic (exact) mass is 231 g/mol. The number of carboxylic acids is 1. The van der Waals surface area contributed by atoms with Crippen molar-refractivity contribution in [3.05, 3.63) is 60.1 Å². The van der Waals surface area contributed by atoms with Gasteiger partial charge in [-0.3, -0.25) is 10.1 Å². The van der Waals surface area contributed by atoms with Crippen molar-refractivity contribution in [1.29, 1.82) is 0 Å². The van der Waals surface area contributed by atoms with Crippen molar-refractivity contribution in [2.24, 2.45) is 0 Å². The Labute approximate surface area is 98.9 Å². The maximum absolute atomic E-state index is 11.2. The van der Waals surface area contributed by atoms with Gasteiger partial charge in [-0.25, -0.2) is 0 Å². The van der Waals surface area contributed by atoms with Crippen molar-refractivity contribution in [2.45, 2.75) is 12.6 Å². The van der Waals surface area contributed by atoms with Crippen LogP contribution in [0.1, 0.15) is 17.4 Å². The second-order valence-electron chi connectivity index (χ2n) is 3.64. The Balaban J connectivity index is 2.06. The number of nitrogens with one attached hydrogen (secondary N) is 1. The SMILES string of the molecule is O=C(O)C(NCc1ccco1)c1ccccc1. The summed E-state index contributed by atoms with van der Waals surface area (Å²) >= 11 is 0. The average Bonchev–Trinajstić information content (AvgIpc) is 2.83. The molecule has 88 valence electrons. The molecule has 1 unspecified atom stereocenters. The van der Waals surface area contributed by atoms with Crippen molar-refractivity contribution in [3.8, 4) is 0 Å². The standard InChI is InChI=1S/C13H13NO3/c15-13(16)12(10-5-2-1-3-6-10)14-9-11-7-4-8-17-11/h1-8,12,14H,9H2,(H,15,16). The third-order valence-electron chi connectivity index (χ3n) is 2.44. The molecule has 1 atom stereocenters. The van der Waals surface area contributed by atoms with E-state index < -0.39 is 12.0 Å². The van der Waals surface area contributed by atoms with Crippen LogP contribution in [0.4, 0.5) is 0 Å². The van der Waals surface area contributed by atoms with E-state index in [1.165, 1.54) is 0 Å². The lowest BCUT2D eigenvalue weighted by molar-refractivity contribution is -0.139. The lowest BCUT2D eigenvalue weighted by Crippen LogP contribution is -2.27. The Bertz CT molecular complexity index is 465. The van der Waals surface area contributed by atoms with E-state index in [0.29, 0.717) is 12.3 Å². The van der Waals surface area contributed by atoms with Crippen LogP contribution in [0.3, 0.4) is 0 Å². The Hall–Kier alpha value is -2.07. The van der Waals surface area contributed by atoms with Gasteiger partial charge in [0, 0.05) is 0 Å². The molecule has 4 heteroatoms. The highest BCUT2D eigenvalue weighted by atomic mass is 16.4. The number of furan rings is 1. The van der Waals surface area contributed by atoms with Gasteiger partial charge in [0.25, 0.3) is 0 Å². The first-order valence-electron chi connectivity index (χ1n) is 5.31. The molecule has 17 heavy (non-hydrogen) atoms. The largest absolute Gasteiger partial charge is 0.480 e. The predicted octanol–water partition coefficient (Wildman–Crippen LogP) is 2.20. The number of benzene rings is 1. The second kappa shape index (κ2) is 5.32. The Morgan fingerprint density at radius 3 is 2.59 bits per heavy atom. The van der Waals surface area contributed by atoms with E-state index in [-0.39, 0.29) is 0 Å². The predicted molar refractivity (Wildman–Crippen MR) is 62.4 cm³/mol. The van der Waals surface area contributed by atoms with Crippen LogP contribution < -0.4 is 5.32 Å². The molecule has 2 N–H and O–H groups in total.